The van der Waals surface area contributed by atoms with Crippen molar-refractivity contribution in [1.29, 1.82) is 0 Å². The highest BCUT2D eigenvalue weighted by Gasteiger charge is 2.17. The maximum Gasteiger partial charge on any atom is 0.0713 e. The smallest absolute Gasteiger partial charge is 0.0713 e. The van der Waals surface area contributed by atoms with Crippen molar-refractivity contribution in [3.05, 3.63) is 35.4 Å². The number of likely N-dealkylation sites (N-methyl/N-ethyl adjacent to an activating group) is 1. The molecule has 1 fully saturated rings. The summed E-state index contributed by atoms with van der Waals surface area (Å²) in [6, 6.07) is 8.65. The molecule has 1 unspecified atom stereocenters. The largest absolute Gasteiger partial charge is 0.380 e. The zero-order valence-corrected chi connectivity index (χ0v) is 12.5. The molecular weight excluding hydrogens is 252 g/mol. The Labute approximate surface area is 121 Å². The summed E-state index contributed by atoms with van der Waals surface area (Å²) in [7, 11) is 3.87. The summed E-state index contributed by atoms with van der Waals surface area (Å²) in [5, 5.41) is 2.28. The predicted octanol–water partition coefficient (Wildman–Crippen LogP) is 0.585. The van der Waals surface area contributed by atoms with E-state index in [0.717, 1.165) is 26.2 Å². The summed E-state index contributed by atoms with van der Waals surface area (Å²) in [6.07, 6.45) is 0. The Kier molecular flexibility index (Phi) is 5.94. The molecule has 3 N–H and O–H groups in total. The molecule has 0 radical (unpaired) electrons. The number of nitrogens with zero attached hydrogens (tertiary/aromatic N) is 2. The van der Waals surface area contributed by atoms with Gasteiger partial charge in [-0.1, -0.05) is 24.3 Å². The van der Waals surface area contributed by atoms with Crippen molar-refractivity contribution in [2.45, 2.75) is 12.6 Å². The van der Waals surface area contributed by atoms with Crippen molar-refractivity contribution >= 4 is 0 Å². The lowest BCUT2D eigenvalue weighted by atomic mass is 10.1. The average molecular weight is 278 g/mol. The molecule has 5 nitrogen and oxygen atoms in total. The van der Waals surface area contributed by atoms with Gasteiger partial charge in [0.15, 0.2) is 0 Å². The molecule has 1 aliphatic rings. The normalized spacial score (nSPS) is 19.1. The van der Waals surface area contributed by atoms with Crippen molar-refractivity contribution in [3.8, 4) is 0 Å². The molecule has 112 valence electrons. The number of hydrogen-bond donors (Lipinski definition) is 2. The summed E-state index contributed by atoms with van der Waals surface area (Å²) in [4.78, 5) is 2.34. The van der Waals surface area contributed by atoms with Gasteiger partial charge in [-0.05, 0) is 18.2 Å². The van der Waals surface area contributed by atoms with Crippen LogP contribution >= 0.6 is 0 Å². The maximum atomic E-state index is 5.92. The van der Waals surface area contributed by atoms with Gasteiger partial charge in [-0.15, -0.1) is 0 Å². The van der Waals surface area contributed by atoms with Crippen LogP contribution in [-0.2, 0) is 11.3 Å². The standard InChI is InChI=1S/C15H26N4O/c1-18-7-9-19(10-8-18)17-15(11-16)14-5-3-13(4-6-14)12-20-2/h3-6,15,17H,7-12,16H2,1-2H3. The van der Waals surface area contributed by atoms with E-state index in [0.29, 0.717) is 13.2 Å². The van der Waals surface area contributed by atoms with Gasteiger partial charge < -0.3 is 15.4 Å². The van der Waals surface area contributed by atoms with E-state index in [9.17, 15) is 0 Å². The zero-order valence-electron chi connectivity index (χ0n) is 12.5. The predicted molar refractivity (Wildman–Crippen MR) is 81.2 cm³/mol. The Hall–Kier alpha value is -0.980. The topological polar surface area (TPSA) is 53.8 Å². The lowest BCUT2D eigenvalue weighted by molar-refractivity contribution is 0.0880. The third-order valence-corrected chi connectivity index (χ3v) is 3.77. The van der Waals surface area contributed by atoms with E-state index in [-0.39, 0.29) is 6.04 Å². The Balaban J connectivity index is 1.93. The van der Waals surface area contributed by atoms with E-state index < -0.39 is 0 Å². The van der Waals surface area contributed by atoms with Crippen LogP contribution in [0.1, 0.15) is 17.2 Å². The van der Waals surface area contributed by atoms with E-state index in [1.54, 1.807) is 7.11 Å². The minimum atomic E-state index is 0.176. The minimum absolute atomic E-state index is 0.176. The summed E-state index contributed by atoms with van der Waals surface area (Å²) in [6.45, 7) is 5.51. The molecule has 20 heavy (non-hydrogen) atoms. The third-order valence-electron chi connectivity index (χ3n) is 3.77. The molecule has 1 aliphatic heterocycles. The Bertz CT molecular complexity index is 387. The number of ether oxygens (including phenoxy) is 1. The first kappa shape index (κ1) is 15.4. The molecular formula is C15H26N4O. The van der Waals surface area contributed by atoms with Gasteiger partial charge in [0, 0.05) is 39.8 Å². The second-order valence-electron chi connectivity index (χ2n) is 5.38. The quantitative estimate of drug-likeness (QED) is 0.797. The van der Waals surface area contributed by atoms with Crippen LogP contribution in [0.15, 0.2) is 24.3 Å². The van der Waals surface area contributed by atoms with Gasteiger partial charge in [0.25, 0.3) is 0 Å². The van der Waals surface area contributed by atoms with Crippen molar-refractivity contribution in [1.82, 2.24) is 15.3 Å². The van der Waals surface area contributed by atoms with E-state index in [2.05, 4.69) is 46.6 Å². The summed E-state index contributed by atoms with van der Waals surface area (Å²) >= 11 is 0. The second kappa shape index (κ2) is 7.71. The van der Waals surface area contributed by atoms with Gasteiger partial charge in [-0.3, -0.25) is 0 Å². The van der Waals surface area contributed by atoms with Crippen molar-refractivity contribution in [2.24, 2.45) is 5.73 Å². The highest BCUT2D eigenvalue weighted by Crippen LogP contribution is 2.14. The van der Waals surface area contributed by atoms with E-state index in [1.165, 1.54) is 11.1 Å². The second-order valence-corrected chi connectivity index (χ2v) is 5.38. The molecule has 1 atom stereocenters. The van der Waals surface area contributed by atoms with Gasteiger partial charge in [0.2, 0.25) is 0 Å². The molecule has 0 aromatic heterocycles. The Morgan fingerprint density at radius 1 is 1.20 bits per heavy atom. The van der Waals surface area contributed by atoms with E-state index in [1.807, 2.05) is 0 Å². The minimum Gasteiger partial charge on any atom is -0.380 e. The van der Waals surface area contributed by atoms with Gasteiger partial charge in [0.05, 0.1) is 12.6 Å². The van der Waals surface area contributed by atoms with E-state index >= 15 is 0 Å². The van der Waals surface area contributed by atoms with Gasteiger partial charge in [-0.25, -0.2) is 10.4 Å². The molecule has 0 spiro atoms. The molecule has 1 aromatic rings. The van der Waals surface area contributed by atoms with Crippen LogP contribution in [-0.4, -0.2) is 56.8 Å². The van der Waals surface area contributed by atoms with Crippen LogP contribution < -0.4 is 11.2 Å². The number of methoxy groups -OCH3 is 1. The lowest BCUT2D eigenvalue weighted by Crippen LogP contribution is -2.52. The first-order chi connectivity index (χ1) is 9.72. The number of nitrogens with two attached hydrogens (primary N) is 1. The fraction of sp³-hybridized carbons (Fsp3) is 0.600. The molecule has 0 amide bonds. The zero-order chi connectivity index (χ0) is 14.4. The monoisotopic (exact) mass is 278 g/mol. The average Bonchev–Trinajstić information content (AvgIpc) is 2.48. The number of hydrazine groups is 1. The molecule has 0 bridgehead atoms. The fourth-order valence-electron chi connectivity index (χ4n) is 2.43. The fourth-order valence-corrected chi connectivity index (χ4v) is 2.43. The number of rotatable bonds is 6. The third kappa shape index (κ3) is 4.26. The summed E-state index contributed by atoms with van der Waals surface area (Å²) < 4.78 is 5.13. The van der Waals surface area contributed by atoms with E-state index in [4.69, 9.17) is 10.5 Å². The van der Waals surface area contributed by atoms with Crippen LogP contribution in [0.5, 0.6) is 0 Å². The van der Waals surface area contributed by atoms with Crippen LogP contribution in [0.2, 0.25) is 0 Å². The van der Waals surface area contributed by atoms with Gasteiger partial charge in [0.1, 0.15) is 0 Å². The van der Waals surface area contributed by atoms with Crippen molar-refractivity contribution in [2.75, 3.05) is 46.9 Å². The van der Waals surface area contributed by atoms with Crippen LogP contribution in [0.4, 0.5) is 0 Å². The SMILES string of the molecule is COCc1ccc(C(CN)NN2CCN(C)CC2)cc1. The van der Waals surface area contributed by atoms with Crippen LogP contribution in [0, 0.1) is 0 Å². The first-order valence-corrected chi connectivity index (χ1v) is 7.20. The number of benzene rings is 1. The maximum absolute atomic E-state index is 5.92. The number of nitrogens with one attached hydrogen (secondary N) is 1. The van der Waals surface area contributed by atoms with Crippen LogP contribution in [0.25, 0.3) is 0 Å². The number of piperazine rings is 1. The highest BCUT2D eigenvalue weighted by atomic mass is 16.5. The number of hydrogen-bond acceptors (Lipinski definition) is 5. The summed E-state index contributed by atoms with van der Waals surface area (Å²) in [5.41, 5.74) is 11.9. The molecule has 1 aromatic carbocycles. The van der Waals surface area contributed by atoms with Crippen LogP contribution in [0.3, 0.4) is 0 Å². The molecule has 5 heteroatoms. The molecule has 1 heterocycles. The highest BCUT2D eigenvalue weighted by molar-refractivity contribution is 5.24. The molecule has 1 saturated heterocycles. The summed E-state index contributed by atoms with van der Waals surface area (Å²) in [5.74, 6) is 0. The lowest BCUT2D eigenvalue weighted by Gasteiger charge is -2.35. The van der Waals surface area contributed by atoms with Gasteiger partial charge in [-0.2, -0.15) is 0 Å². The van der Waals surface area contributed by atoms with Gasteiger partial charge >= 0.3 is 0 Å². The van der Waals surface area contributed by atoms with Crippen molar-refractivity contribution < 1.29 is 4.74 Å². The molecule has 0 aliphatic carbocycles. The molecule has 0 saturated carbocycles. The Morgan fingerprint density at radius 2 is 1.85 bits per heavy atom. The van der Waals surface area contributed by atoms with Crippen molar-refractivity contribution in [3.63, 3.8) is 0 Å². The Morgan fingerprint density at radius 3 is 2.40 bits per heavy atom. The molecule has 2 rings (SSSR count). The first-order valence-electron chi connectivity index (χ1n) is 7.20.